The Hall–Kier alpha value is -2.43. The summed E-state index contributed by atoms with van der Waals surface area (Å²) in [6.07, 6.45) is -5.06. The summed E-state index contributed by atoms with van der Waals surface area (Å²) in [5, 5.41) is 2.49. The summed E-state index contributed by atoms with van der Waals surface area (Å²) in [5.41, 5.74) is 1.37. The van der Waals surface area contributed by atoms with Crippen molar-refractivity contribution in [1.82, 2.24) is 10.0 Å². The maximum absolute atomic E-state index is 13.8. The molecule has 0 saturated carbocycles. The minimum Gasteiger partial charge on any atom is -0.465 e. The Morgan fingerprint density at radius 1 is 1.07 bits per heavy atom. The molecule has 2 atom stereocenters. The lowest BCUT2D eigenvalue weighted by Crippen LogP contribution is -2.60. The van der Waals surface area contributed by atoms with Gasteiger partial charge < -0.3 is 4.74 Å². The molecule has 0 spiro atoms. The molecule has 2 aromatic carbocycles. The number of halogens is 3. The number of aryl methyl sites for hydroxylation is 1. The molecule has 30 heavy (non-hydrogen) atoms. The van der Waals surface area contributed by atoms with Gasteiger partial charge in [-0.3, -0.25) is 10.1 Å². The van der Waals surface area contributed by atoms with Crippen LogP contribution in [0.3, 0.4) is 0 Å². The normalized spacial score (nSPS) is 14.2. The van der Waals surface area contributed by atoms with Crippen LogP contribution in [0.25, 0.3) is 0 Å². The third-order valence-electron chi connectivity index (χ3n) is 4.21. The molecule has 10 heteroatoms. The Kier molecular flexibility index (Phi) is 7.99. The maximum Gasteiger partial charge on any atom is 0.406 e. The van der Waals surface area contributed by atoms with Crippen LogP contribution in [0.1, 0.15) is 18.1 Å². The van der Waals surface area contributed by atoms with E-state index >= 15 is 0 Å². The molecule has 2 N–H and O–H groups in total. The third-order valence-corrected chi connectivity index (χ3v) is 5.67. The minimum atomic E-state index is -5.06. The highest BCUT2D eigenvalue weighted by Crippen LogP contribution is 2.26. The first-order valence-electron chi connectivity index (χ1n) is 9.14. The van der Waals surface area contributed by atoms with E-state index in [9.17, 15) is 26.4 Å². The molecule has 0 aliphatic rings. The molecular weight excluding hydrogens is 421 g/mol. The quantitative estimate of drug-likeness (QED) is 0.581. The van der Waals surface area contributed by atoms with Gasteiger partial charge in [-0.15, -0.1) is 0 Å². The number of sulfonamides is 1. The minimum absolute atomic E-state index is 0.0941. The Morgan fingerprint density at radius 2 is 1.67 bits per heavy atom. The van der Waals surface area contributed by atoms with Crippen molar-refractivity contribution in [3.05, 3.63) is 65.7 Å². The number of carbonyl (C=O) groups excluding carboxylic acids is 1. The highest BCUT2D eigenvalue weighted by atomic mass is 32.2. The zero-order valence-electron chi connectivity index (χ0n) is 16.4. The van der Waals surface area contributed by atoms with Crippen LogP contribution in [0.5, 0.6) is 0 Å². The highest BCUT2D eigenvalue weighted by Gasteiger charge is 2.50. The van der Waals surface area contributed by atoms with Gasteiger partial charge in [0.25, 0.3) is 0 Å². The van der Waals surface area contributed by atoms with E-state index in [1.807, 2.05) is 0 Å². The van der Waals surface area contributed by atoms with Gasteiger partial charge >= 0.3 is 12.1 Å². The summed E-state index contributed by atoms with van der Waals surface area (Å²) < 4.78 is 73.0. The Balaban J connectivity index is 2.34. The predicted octanol–water partition coefficient (Wildman–Crippen LogP) is 2.93. The molecule has 0 aliphatic heterocycles. The molecule has 6 nitrogen and oxygen atoms in total. The molecule has 0 radical (unpaired) electrons. The van der Waals surface area contributed by atoms with E-state index in [0.717, 1.165) is 5.56 Å². The van der Waals surface area contributed by atoms with E-state index in [4.69, 9.17) is 4.74 Å². The standard InChI is InChI=1S/C20H23F3N2O4S/c1-3-29-19(26)17(24-13-15-7-5-4-6-8-15)18(20(21,22)23)25-30(27,28)16-11-9-14(2)10-12-16/h4-12,17-18,24-25H,3,13H2,1-2H3/t17-,18-/m0/s1. The molecule has 0 saturated heterocycles. The van der Waals surface area contributed by atoms with Crippen LogP contribution in [0.2, 0.25) is 0 Å². The van der Waals surface area contributed by atoms with Gasteiger partial charge in [0, 0.05) is 6.54 Å². The summed E-state index contributed by atoms with van der Waals surface area (Å²) in [7, 11) is -4.55. The van der Waals surface area contributed by atoms with E-state index < -0.39 is 34.3 Å². The van der Waals surface area contributed by atoms with Crippen molar-refractivity contribution in [2.45, 2.75) is 43.5 Å². The molecule has 0 fully saturated rings. The van der Waals surface area contributed by atoms with Crippen LogP contribution < -0.4 is 10.0 Å². The van der Waals surface area contributed by atoms with Gasteiger partial charge in [-0.25, -0.2) is 8.42 Å². The average Bonchev–Trinajstić information content (AvgIpc) is 2.68. The second-order valence-electron chi connectivity index (χ2n) is 6.55. The largest absolute Gasteiger partial charge is 0.465 e. The first-order valence-corrected chi connectivity index (χ1v) is 10.6. The number of hydrogen-bond donors (Lipinski definition) is 2. The van der Waals surface area contributed by atoms with Gasteiger partial charge in [-0.05, 0) is 31.5 Å². The van der Waals surface area contributed by atoms with Crippen molar-refractivity contribution in [3.8, 4) is 0 Å². The van der Waals surface area contributed by atoms with Crippen LogP contribution >= 0.6 is 0 Å². The SMILES string of the molecule is CCOC(=O)[C@@H](NCc1ccccc1)[C@H](NS(=O)(=O)c1ccc(C)cc1)C(F)(F)F. The van der Waals surface area contributed by atoms with Gasteiger partial charge in [0.1, 0.15) is 12.1 Å². The number of hydrogen-bond acceptors (Lipinski definition) is 5. The van der Waals surface area contributed by atoms with Crippen molar-refractivity contribution in [2.24, 2.45) is 0 Å². The number of rotatable bonds is 9. The van der Waals surface area contributed by atoms with E-state index in [2.05, 4.69) is 5.32 Å². The van der Waals surface area contributed by atoms with Crippen LogP contribution in [0.15, 0.2) is 59.5 Å². The Bertz CT molecular complexity index is 933. The summed E-state index contributed by atoms with van der Waals surface area (Å²) in [6.45, 7) is 2.92. The summed E-state index contributed by atoms with van der Waals surface area (Å²) in [5.74, 6) is -1.21. The Morgan fingerprint density at radius 3 is 2.20 bits per heavy atom. The molecule has 2 rings (SSSR count). The van der Waals surface area contributed by atoms with Gasteiger partial charge in [-0.1, -0.05) is 48.0 Å². The van der Waals surface area contributed by atoms with Gasteiger partial charge in [0.2, 0.25) is 10.0 Å². The number of nitrogens with one attached hydrogen (secondary N) is 2. The second-order valence-corrected chi connectivity index (χ2v) is 8.26. The van der Waals surface area contributed by atoms with Crippen LogP contribution in [0.4, 0.5) is 13.2 Å². The van der Waals surface area contributed by atoms with Crippen LogP contribution in [-0.4, -0.2) is 39.3 Å². The van der Waals surface area contributed by atoms with Crippen molar-refractivity contribution in [1.29, 1.82) is 0 Å². The lowest BCUT2D eigenvalue weighted by Gasteiger charge is -2.29. The first-order chi connectivity index (χ1) is 14.0. The van der Waals surface area contributed by atoms with E-state index in [1.165, 1.54) is 31.2 Å². The summed E-state index contributed by atoms with van der Waals surface area (Å²) >= 11 is 0. The smallest absolute Gasteiger partial charge is 0.406 e. The van der Waals surface area contributed by atoms with Gasteiger partial charge in [-0.2, -0.15) is 17.9 Å². The zero-order chi connectivity index (χ0) is 22.4. The molecule has 2 aromatic rings. The topological polar surface area (TPSA) is 84.5 Å². The molecule has 0 unspecified atom stereocenters. The van der Waals surface area contributed by atoms with E-state index in [-0.39, 0.29) is 18.0 Å². The molecule has 0 amide bonds. The van der Waals surface area contributed by atoms with Crippen LogP contribution in [-0.2, 0) is 26.1 Å². The second kappa shape index (κ2) is 10.1. The van der Waals surface area contributed by atoms with Gasteiger partial charge in [0.15, 0.2) is 0 Å². The lowest BCUT2D eigenvalue weighted by molar-refractivity contribution is -0.172. The maximum atomic E-state index is 13.8. The number of alkyl halides is 3. The fourth-order valence-corrected chi connectivity index (χ4v) is 3.90. The fourth-order valence-electron chi connectivity index (χ4n) is 2.67. The summed E-state index contributed by atoms with van der Waals surface area (Å²) in [6, 6.07) is 9.06. The van der Waals surface area contributed by atoms with Crippen molar-refractivity contribution >= 4 is 16.0 Å². The highest BCUT2D eigenvalue weighted by molar-refractivity contribution is 7.89. The van der Waals surface area contributed by atoms with E-state index in [0.29, 0.717) is 5.56 Å². The third kappa shape index (κ3) is 6.54. The Labute approximate surface area is 173 Å². The van der Waals surface area contributed by atoms with Crippen LogP contribution in [0, 0.1) is 6.92 Å². The first kappa shape index (κ1) is 23.8. The number of ether oxygens (including phenoxy) is 1. The van der Waals surface area contributed by atoms with Crippen molar-refractivity contribution in [3.63, 3.8) is 0 Å². The van der Waals surface area contributed by atoms with Crippen molar-refractivity contribution < 1.29 is 31.1 Å². The monoisotopic (exact) mass is 444 g/mol. The van der Waals surface area contributed by atoms with E-state index in [1.54, 1.807) is 42.0 Å². The number of esters is 1. The molecule has 0 bridgehead atoms. The molecule has 164 valence electrons. The van der Waals surface area contributed by atoms with Gasteiger partial charge in [0.05, 0.1) is 11.5 Å². The molecular formula is C20H23F3N2O4S. The zero-order valence-corrected chi connectivity index (χ0v) is 17.3. The predicted molar refractivity (Wildman–Crippen MR) is 105 cm³/mol. The molecule has 0 aromatic heterocycles. The molecule has 0 aliphatic carbocycles. The lowest BCUT2D eigenvalue weighted by atomic mass is 10.1. The fraction of sp³-hybridized carbons (Fsp3) is 0.350. The number of benzene rings is 2. The number of carbonyl (C=O) groups is 1. The average molecular weight is 444 g/mol. The molecule has 0 heterocycles. The van der Waals surface area contributed by atoms with Crippen molar-refractivity contribution in [2.75, 3.05) is 6.61 Å². The summed E-state index contributed by atoms with van der Waals surface area (Å²) in [4.78, 5) is 12.0.